The number of carbonyl (C=O) groups is 2. The summed E-state index contributed by atoms with van der Waals surface area (Å²) in [5.41, 5.74) is 1.29. The molecule has 0 radical (unpaired) electrons. The standard InChI is InChI=1S/C27H30F5N5O5/c1-3-19-16(11-33-42-19)23(38)36-22(14-6-8-26(28,29)9-7-14)24-34-17-10-15(4-5-20(17)41-24)18(13-40-2)37-12-21(27(30,31)32)35-25(37)39/h4-5,10-11,14,18,21-22H,3,6-9,12-13H2,1-2H3,(H,35,39)(H,36,38). The summed E-state index contributed by atoms with van der Waals surface area (Å²) in [5, 5.41) is 8.50. The summed E-state index contributed by atoms with van der Waals surface area (Å²) < 4.78 is 84.1. The molecule has 15 heteroatoms. The van der Waals surface area contributed by atoms with Gasteiger partial charge in [-0.05, 0) is 36.5 Å². The minimum Gasteiger partial charge on any atom is -0.438 e. The molecule has 3 unspecified atom stereocenters. The Kier molecular flexibility index (Phi) is 8.14. The molecule has 0 spiro atoms. The van der Waals surface area contributed by atoms with Crippen LogP contribution in [0.3, 0.4) is 0 Å². The van der Waals surface area contributed by atoms with Gasteiger partial charge in [0.1, 0.15) is 28.9 Å². The van der Waals surface area contributed by atoms with E-state index in [9.17, 15) is 31.5 Å². The number of alkyl halides is 5. The molecule has 2 aromatic heterocycles. The molecule has 2 N–H and O–H groups in total. The molecule has 2 fully saturated rings. The first-order chi connectivity index (χ1) is 19.9. The van der Waals surface area contributed by atoms with E-state index in [4.69, 9.17) is 13.7 Å². The first kappa shape index (κ1) is 29.7. The Bertz CT molecular complexity index is 1430. The summed E-state index contributed by atoms with van der Waals surface area (Å²) in [6, 6.07) is 0.120. The van der Waals surface area contributed by atoms with Crippen molar-refractivity contribution in [2.45, 2.75) is 69.3 Å². The van der Waals surface area contributed by atoms with Gasteiger partial charge in [-0.15, -0.1) is 0 Å². The number of ether oxygens (including phenoxy) is 1. The highest BCUT2D eigenvalue weighted by molar-refractivity contribution is 5.95. The molecule has 1 aliphatic carbocycles. The number of nitrogens with one attached hydrogen (secondary N) is 2. The number of methoxy groups -OCH3 is 1. The normalized spacial score (nSPS) is 21.0. The van der Waals surface area contributed by atoms with E-state index in [1.165, 1.54) is 13.3 Å². The number of aromatic nitrogens is 2. The van der Waals surface area contributed by atoms with Crippen LogP contribution in [0.1, 0.15) is 72.3 Å². The second-order valence-corrected chi connectivity index (χ2v) is 10.6. The number of oxazole rings is 1. The van der Waals surface area contributed by atoms with Gasteiger partial charge >= 0.3 is 12.2 Å². The van der Waals surface area contributed by atoms with Crippen LogP contribution in [0.4, 0.5) is 26.7 Å². The summed E-state index contributed by atoms with van der Waals surface area (Å²) in [4.78, 5) is 31.3. The number of rotatable bonds is 9. The van der Waals surface area contributed by atoms with Crippen molar-refractivity contribution in [3.05, 3.63) is 47.2 Å². The van der Waals surface area contributed by atoms with Crippen molar-refractivity contribution < 1.29 is 45.2 Å². The average molecular weight is 600 g/mol. The summed E-state index contributed by atoms with van der Waals surface area (Å²) >= 11 is 0. The Morgan fingerprint density at radius 2 is 2.02 bits per heavy atom. The van der Waals surface area contributed by atoms with Crippen LogP contribution in [0.2, 0.25) is 0 Å². The monoisotopic (exact) mass is 599 g/mol. The van der Waals surface area contributed by atoms with E-state index in [0.29, 0.717) is 28.8 Å². The number of fused-ring (bicyclic) bond motifs is 1. The predicted octanol–water partition coefficient (Wildman–Crippen LogP) is 5.32. The van der Waals surface area contributed by atoms with Crippen LogP contribution in [0.25, 0.3) is 11.1 Å². The quantitative estimate of drug-likeness (QED) is 0.319. The molecule has 5 rings (SSSR count). The maximum atomic E-state index is 14.0. The van der Waals surface area contributed by atoms with Crippen molar-refractivity contribution in [3.63, 3.8) is 0 Å². The molecule has 1 aromatic carbocycles. The van der Waals surface area contributed by atoms with Crippen LogP contribution >= 0.6 is 0 Å². The van der Waals surface area contributed by atoms with Gasteiger partial charge in [0.2, 0.25) is 11.8 Å². The van der Waals surface area contributed by atoms with Gasteiger partial charge in [-0.2, -0.15) is 13.2 Å². The molecule has 3 aromatic rings. The van der Waals surface area contributed by atoms with Crippen molar-refractivity contribution in [3.8, 4) is 0 Å². The second-order valence-electron chi connectivity index (χ2n) is 10.6. The molecular formula is C27H30F5N5O5. The van der Waals surface area contributed by atoms with Gasteiger partial charge in [-0.3, -0.25) is 4.79 Å². The van der Waals surface area contributed by atoms with Crippen molar-refractivity contribution >= 4 is 23.0 Å². The fourth-order valence-corrected chi connectivity index (χ4v) is 5.54. The Balaban J connectivity index is 1.45. The van der Waals surface area contributed by atoms with Gasteiger partial charge in [0.25, 0.3) is 5.91 Å². The first-order valence-electron chi connectivity index (χ1n) is 13.6. The Hall–Kier alpha value is -3.75. The van der Waals surface area contributed by atoms with E-state index in [1.807, 2.05) is 5.32 Å². The topological polar surface area (TPSA) is 123 Å². The maximum absolute atomic E-state index is 14.0. The third-order valence-corrected chi connectivity index (χ3v) is 7.84. The molecule has 3 atom stereocenters. The SMILES string of the molecule is CCc1oncc1C(=O)NC(c1nc2cc(C(COC)N3CC(C(F)(F)F)NC3=O)ccc2o1)C1CCC(F)(F)CC1. The van der Waals surface area contributed by atoms with E-state index in [1.54, 1.807) is 25.1 Å². The largest absolute Gasteiger partial charge is 0.438 e. The highest BCUT2D eigenvalue weighted by atomic mass is 19.4. The number of nitrogens with zero attached hydrogens (tertiary/aromatic N) is 3. The zero-order valence-corrected chi connectivity index (χ0v) is 22.8. The van der Waals surface area contributed by atoms with Gasteiger partial charge in [-0.1, -0.05) is 18.1 Å². The molecule has 1 saturated heterocycles. The lowest BCUT2D eigenvalue weighted by Crippen LogP contribution is -2.40. The number of hydrogen-bond acceptors (Lipinski definition) is 7. The number of urea groups is 1. The van der Waals surface area contributed by atoms with E-state index in [0.717, 1.165) is 4.90 Å². The summed E-state index contributed by atoms with van der Waals surface area (Å²) in [6.07, 6.45) is -3.38. The van der Waals surface area contributed by atoms with E-state index in [2.05, 4.69) is 15.5 Å². The highest BCUT2D eigenvalue weighted by Gasteiger charge is 2.48. The third kappa shape index (κ3) is 6.05. The van der Waals surface area contributed by atoms with Crippen LogP contribution in [0.15, 0.2) is 33.3 Å². The lowest BCUT2D eigenvalue weighted by atomic mass is 9.82. The molecular weight excluding hydrogens is 569 g/mol. The Morgan fingerprint density at radius 3 is 2.67 bits per heavy atom. The first-order valence-corrected chi connectivity index (χ1v) is 13.6. The molecule has 10 nitrogen and oxygen atoms in total. The smallest absolute Gasteiger partial charge is 0.410 e. The van der Waals surface area contributed by atoms with Crippen molar-refractivity contribution in [1.29, 1.82) is 0 Å². The molecule has 228 valence electrons. The number of halogens is 5. The zero-order valence-electron chi connectivity index (χ0n) is 22.8. The maximum Gasteiger partial charge on any atom is 0.410 e. The van der Waals surface area contributed by atoms with Crippen LogP contribution in [-0.4, -0.2) is 65.4 Å². The molecule has 1 saturated carbocycles. The Labute approximate surface area is 236 Å². The van der Waals surface area contributed by atoms with Gasteiger partial charge in [0, 0.05) is 26.4 Å². The zero-order chi connectivity index (χ0) is 30.2. The van der Waals surface area contributed by atoms with E-state index < -0.39 is 54.6 Å². The average Bonchev–Trinajstić information content (AvgIpc) is 3.68. The van der Waals surface area contributed by atoms with Crippen LogP contribution in [-0.2, 0) is 11.2 Å². The lowest BCUT2D eigenvalue weighted by Gasteiger charge is -2.32. The number of hydrogen-bond donors (Lipinski definition) is 2. The van der Waals surface area contributed by atoms with Gasteiger partial charge in [0.05, 0.1) is 25.4 Å². The van der Waals surface area contributed by atoms with E-state index >= 15 is 0 Å². The van der Waals surface area contributed by atoms with Crippen molar-refractivity contribution in [1.82, 2.24) is 25.7 Å². The second kappa shape index (κ2) is 11.5. The van der Waals surface area contributed by atoms with Crippen molar-refractivity contribution in [2.75, 3.05) is 20.3 Å². The third-order valence-electron chi connectivity index (χ3n) is 7.84. The Morgan fingerprint density at radius 1 is 1.29 bits per heavy atom. The van der Waals surface area contributed by atoms with Gasteiger partial charge < -0.3 is 29.2 Å². The molecule has 0 bridgehead atoms. The molecule has 3 heterocycles. The molecule has 2 aliphatic rings. The van der Waals surface area contributed by atoms with Crippen molar-refractivity contribution in [2.24, 2.45) is 5.92 Å². The molecule has 1 aliphatic heterocycles. The number of benzene rings is 1. The fraction of sp³-hybridized carbons (Fsp3) is 0.556. The van der Waals surface area contributed by atoms with Gasteiger partial charge in [-0.25, -0.2) is 18.6 Å². The highest BCUT2D eigenvalue weighted by Crippen LogP contribution is 2.42. The minimum absolute atomic E-state index is 0.0817. The van der Waals surface area contributed by atoms with E-state index in [-0.39, 0.29) is 43.7 Å². The summed E-state index contributed by atoms with van der Waals surface area (Å²) in [5.74, 6) is -3.25. The number of aryl methyl sites for hydroxylation is 1. The van der Waals surface area contributed by atoms with Crippen LogP contribution in [0.5, 0.6) is 0 Å². The predicted molar refractivity (Wildman–Crippen MR) is 137 cm³/mol. The minimum atomic E-state index is -4.61. The van der Waals surface area contributed by atoms with Crippen LogP contribution in [0, 0.1) is 5.92 Å². The molecule has 42 heavy (non-hydrogen) atoms. The number of amides is 3. The van der Waals surface area contributed by atoms with Gasteiger partial charge in [0.15, 0.2) is 5.58 Å². The summed E-state index contributed by atoms with van der Waals surface area (Å²) in [6.45, 7) is 1.12. The molecule has 3 amide bonds. The fourth-order valence-electron chi connectivity index (χ4n) is 5.54. The summed E-state index contributed by atoms with van der Waals surface area (Å²) in [7, 11) is 1.37. The van der Waals surface area contributed by atoms with Crippen LogP contribution < -0.4 is 10.6 Å². The number of carbonyl (C=O) groups excluding carboxylic acids is 2. The lowest BCUT2D eigenvalue weighted by molar-refractivity contribution is -0.150.